The Bertz CT molecular complexity index is 212. The lowest BCUT2D eigenvalue weighted by atomic mass is 10.5. The SMILES string of the molecule is CCOC(OCC)N1C=CC=NC1N. The molecule has 0 radical (unpaired) electrons. The number of rotatable bonds is 5. The van der Waals surface area contributed by atoms with Crippen molar-refractivity contribution in [3.05, 3.63) is 12.3 Å². The molecule has 0 aromatic heterocycles. The molecule has 5 heteroatoms. The van der Waals surface area contributed by atoms with Gasteiger partial charge >= 0.3 is 0 Å². The highest BCUT2D eigenvalue weighted by molar-refractivity contribution is 5.71. The van der Waals surface area contributed by atoms with E-state index in [-0.39, 0.29) is 0 Å². The highest BCUT2D eigenvalue weighted by atomic mass is 16.7. The van der Waals surface area contributed by atoms with Crippen LogP contribution in [0.5, 0.6) is 0 Å². The molecule has 0 aromatic carbocycles. The summed E-state index contributed by atoms with van der Waals surface area (Å²) in [7, 11) is 0. The lowest BCUT2D eigenvalue weighted by Crippen LogP contribution is -2.47. The number of hydrogen-bond acceptors (Lipinski definition) is 5. The van der Waals surface area contributed by atoms with Crippen LogP contribution in [-0.4, -0.2) is 37.0 Å². The van der Waals surface area contributed by atoms with Crippen molar-refractivity contribution in [2.45, 2.75) is 26.6 Å². The molecule has 0 aliphatic carbocycles. The van der Waals surface area contributed by atoms with Crippen molar-refractivity contribution < 1.29 is 9.47 Å². The zero-order chi connectivity index (χ0) is 10.4. The van der Waals surface area contributed by atoms with E-state index in [2.05, 4.69) is 4.99 Å². The summed E-state index contributed by atoms with van der Waals surface area (Å²) in [6, 6.07) is 0. The molecule has 1 rings (SSSR count). The molecule has 0 aromatic rings. The first-order valence-electron chi connectivity index (χ1n) is 4.75. The van der Waals surface area contributed by atoms with Crippen LogP contribution in [0.4, 0.5) is 0 Å². The maximum atomic E-state index is 5.76. The molecule has 1 atom stereocenters. The van der Waals surface area contributed by atoms with Gasteiger partial charge in [-0.2, -0.15) is 0 Å². The predicted octanol–water partition coefficient (Wildman–Crippen LogP) is 0.485. The molecular formula is C9H17N3O2. The first kappa shape index (κ1) is 11.2. The fourth-order valence-electron chi connectivity index (χ4n) is 1.14. The van der Waals surface area contributed by atoms with E-state index in [9.17, 15) is 0 Å². The summed E-state index contributed by atoms with van der Waals surface area (Å²) in [5, 5.41) is 0. The van der Waals surface area contributed by atoms with Crippen LogP contribution in [0.3, 0.4) is 0 Å². The lowest BCUT2D eigenvalue weighted by Gasteiger charge is -2.33. The first-order chi connectivity index (χ1) is 6.79. The molecule has 1 aliphatic rings. The zero-order valence-electron chi connectivity index (χ0n) is 8.59. The fraction of sp³-hybridized carbons (Fsp3) is 0.667. The van der Waals surface area contributed by atoms with Crippen LogP contribution in [0, 0.1) is 0 Å². The van der Waals surface area contributed by atoms with Gasteiger partial charge in [-0.1, -0.05) is 0 Å². The monoisotopic (exact) mass is 199 g/mol. The van der Waals surface area contributed by atoms with Crippen molar-refractivity contribution in [2.75, 3.05) is 13.2 Å². The van der Waals surface area contributed by atoms with Gasteiger partial charge in [-0.3, -0.25) is 15.6 Å². The molecule has 0 spiro atoms. The summed E-state index contributed by atoms with van der Waals surface area (Å²) < 4.78 is 10.8. The lowest BCUT2D eigenvalue weighted by molar-refractivity contribution is -0.215. The normalized spacial score (nSPS) is 20.9. The number of aliphatic imine (C=N–C) groups is 1. The van der Waals surface area contributed by atoms with Crippen LogP contribution in [-0.2, 0) is 9.47 Å². The Morgan fingerprint density at radius 2 is 2.07 bits per heavy atom. The molecule has 1 aliphatic heterocycles. The molecule has 1 heterocycles. The molecule has 80 valence electrons. The highest BCUT2D eigenvalue weighted by Gasteiger charge is 2.21. The van der Waals surface area contributed by atoms with E-state index in [1.54, 1.807) is 17.2 Å². The van der Waals surface area contributed by atoms with Crippen molar-refractivity contribution in [2.24, 2.45) is 10.7 Å². The Labute approximate surface area is 84.2 Å². The Morgan fingerprint density at radius 3 is 2.57 bits per heavy atom. The summed E-state index contributed by atoms with van der Waals surface area (Å²) in [6.45, 7) is 4.97. The fourth-order valence-corrected chi connectivity index (χ4v) is 1.14. The first-order valence-corrected chi connectivity index (χ1v) is 4.75. The Balaban J connectivity index is 2.57. The van der Waals surface area contributed by atoms with Gasteiger partial charge in [0, 0.05) is 25.6 Å². The van der Waals surface area contributed by atoms with E-state index in [1.807, 2.05) is 20.0 Å². The van der Waals surface area contributed by atoms with E-state index in [1.165, 1.54) is 0 Å². The van der Waals surface area contributed by atoms with Crippen molar-refractivity contribution in [1.29, 1.82) is 0 Å². The molecule has 5 nitrogen and oxygen atoms in total. The van der Waals surface area contributed by atoms with Crippen molar-refractivity contribution in [1.82, 2.24) is 4.90 Å². The molecular weight excluding hydrogens is 182 g/mol. The molecule has 14 heavy (non-hydrogen) atoms. The van der Waals surface area contributed by atoms with Crippen molar-refractivity contribution in [3.8, 4) is 0 Å². The van der Waals surface area contributed by atoms with Gasteiger partial charge in [0.25, 0.3) is 0 Å². The van der Waals surface area contributed by atoms with Gasteiger partial charge in [0.05, 0.1) is 0 Å². The van der Waals surface area contributed by atoms with Crippen LogP contribution in [0.2, 0.25) is 0 Å². The van der Waals surface area contributed by atoms with Gasteiger partial charge in [-0.05, 0) is 19.9 Å². The van der Waals surface area contributed by atoms with E-state index >= 15 is 0 Å². The Hall–Kier alpha value is -0.910. The summed E-state index contributed by atoms with van der Waals surface area (Å²) in [5.41, 5.74) is 5.76. The van der Waals surface area contributed by atoms with Gasteiger partial charge in [0.1, 0.15) is 0 Å². The third-order valence-electron chi connectivity index (χ3n) is 1.75. The van der Waals surface area contributed by atoms with Gasteiger partial charge < -0.3 is 9.47 Å². The second kappa shape index (κ2) is 5.74. The standard InChI is InChI=1S/C9H17N3O2/c1-3-13-9(14-4-2)12-7-5-6-11-8(12)10/h5-9H,3-4,10H2,1-2H3. The van der Waals surface area contributed by atoms with Crippen LogP contribution < -0.4 is 5.73 Å². The molecule has 0 saturated carbocycles. The number of hydrogen-bond donors (Lipinski definition) is 1. The average Bonchev–Trinajstić information content (AvgIpc) is 2.18. The number of ether oxygens (including phenoxy) is 2. The third kappa shape index (κ3) is 2.80. The molecule has 0 amide bonds. The number of allylic oxidation sites excluding steroid dienone is 1. The van der Waals surface area contributed by atoms with E-state index in [0.717, 1.165) is 0 Å². The third-order valence-corrected chi connectivity index (χ3v) is 1.75. The van der Waals surface area contributed by atoms with Crippen molar-refractivity contribution >= 4 is 6.21 Å². The number of nitrogens with zero attached hydrogens (tertiary/aromatic N) is 2. The van der Waals surface area contributed by atoms with Crippen LogP contribution in [0.25, 0.3) is 0 Å². The van der Waals surface area contributed by atoms with Crippen LogP contribution >= 0.6 is 0 Å². The van der Waals surface area contributed by atoms with Gasteiger partial charge in [-0.25, -0.2) is 0 Å². The second-order valence-electron chi connectivity index (χ2n) is 2.72. The summed E-state index contributed by atoms with van der Waals surface area (Å²) in [5.74, 6) is 0. The predicted molar refractivity (Wildman–Crippen MR) is 54.5 cm³/mol. The van der Waals surface area contributed by atoms with E-state index < -0.39 is 12.7 Å². The minimum atomic E-state index is -0.450. The topological polar surface area (TPSA) is 60.1 Å². The van der Waals surface area contributed by atoms with Gasteiger partial charge in [0.15, 0.2) is 6.29 Å². The largest absolute Gasteiger partial charge is 0.335 e. The summed E-state index contributed by atoms with van der Waals surface area (Å²) >= 11 is 0. The maximum absolute atomic E-state index is 5.76. The number of nitrogens with two attached hydrogens (primary N) is 1. The highest BCUT2D eigenvalue weighted by Crippen LogP contribution is 2.10. The van der Waals surface area contributed by atoms with Gasteiger partial charge in [-0.15, -0.1) is 0 Å². The minimum Gasteiger partial charge on any atom is -0.335 e. The Morgan fingerprint density at radius 1 is 1.43 bits per heavy atom. The summed E-state index contributed by atoms with van der Waals surface area (Å²) in [6.07, 6.45) is 4.40. The van der Waals surface area contributed by atoms with Crippen LogP contribution in [0.15, 0.2) is 17.3 Å². The summed E-state index contributed by atoms with van der Waals surface area (Å²) in [4.78, 5) is 5.76. The van der Waals surface area contributed by atoms with Crippen molar-refractivity contribution in [3.63, 3.8) is 0 Å². The van der Waals surface area contributed by atoms with E-state index in [0.29, 0.717) is 13.2 Å². The maximum Gasteiger partial charge on any atom is 0.242 e. The quantitative estimate of drug-likeness (QED) is 0.654. The smallest absolute Gasteiger partial charge is 0.242 e. The van der Waals surface area contributed by atoms with Gasteiger partial charge in [0.2, 0.25) is 6.41 Å². The second-order valence-corrected chi connectivity index (χ2v) is 2.72. The average molecular weight is 199 g/mol. The Kier molecular flexibility index (Phi) is 4.58. The molecule has 0 saturated heterocycles. The molecule has 0 bridgehead atoms. The minimum absolute atomic E-state index is 0.428. The molecule has 0 fully saturated rings. The van der Waals surface area contributed by atoms with Crippen LogP contribution in [0.1, 0.15) is 13.8 Å². The molecule has 1 unspecified atom stereocenters. The van der Waals surface area contributed by atoms with E-state index in [4.69, 9.17) is 15.2 Å². The molecule has 2 N–H and O–H groups in total. The zero-order valence-corrected chi connectivity index (χ0v) is 8.59.